The van der Waals surface area contributed by atoms with Crippen molar-refractivity contribution in [1.82, 2.24) is 9.88 Å². The first-order valence-electron chi connectivity index (χ1n) is 7.67. The highest BCUT2D eigenvalue weighted by Crippen LogP contribution is 2.26. The average Bonchev–Trinajstić information content (AvgIpc) is 2.52. The maximum atomic E-state index is 12.6. The first-order chi connectivity index (χ1) is 11.2. The van der Waals surface area contributed by atoms with E-state index in [0.717, 1.165) is 0 Å². The van der Waals surface area contributed by atoms with Crippen molar-refractivity contribution in [2.75, 3.05) is 13.1 Å². The molecule has 0 spiro atoms. The van der Waals surface area contributed by atoms with Gasteiger partial charge in [0, 0.05) is 30.6 Å². The van der Waals surface area contributed by atoms with Crippen LogP contribution < -0.4 is 0 Å². The maximum Gasteiger partial charge on any atom is 0.410 e. The number of ether oxygens (including phenoxy) is 1. The predicted octanol–water partition coefficient (Wildman–Crippen LogP) is 2.50. The van der Waals surface area contributed by atoms with E-state index in [9.17, 15) is 19.1 Å². The van der Waals surface area contributed by atoms with Gasteiger partial charge in [-0.25, -0.2) is 9.78 Å². The Morgan fingerprint density at radius 2 is 2.04 bits per heavy atom. The Morgan fingerprint density at radius 1 is 1.42 bits per heavy atom. The fraction of sp³-hybridized carbons (Fsp3) is 0.600. The summed E-state index contributed by atoms with van der Waals surface area (Å²) < 4.78 is 18.0. The van der Waals surface area contributed by atoms with Crippen molar-refractivity contribution >= 4 is 22.6 Å². The highest BCUT2D eigenvalue weighted by atomic mass is 32.2. The molecular weight excluding hydrogens is 334 g/mol. The number of carbonyl (C=O) groups excluding carboxylic acids is 1. The smallest absolute Gasteiger partial charge is 0.410 e. The van der Waals surface area contributed by atoms with E-state index in [0.29, 0.717) is 25.9 Å². The minimum Gasteiger partial charge on any atom is -0.444 e. The van der Waals surface area contributed by atoms with E-state index in [4.69, 9.17) is 4.74 Å². The van der Waals surface area contributed by atoms with E-state index in [1.165, 1.54) is 18.3 Å². The fourth-order valence-electron chi connectivity index (χ4n) is 2.41. The minimum absolute atomic E-state index is 0.00165. The highest BCUT2D eigenvalue weighted by Gasteiger charge is 2.32. The summed E-state index contributed by atoms with van der Waals surface area (Å²) in [6.45, 7) is 6.21. The van der Waals surface area contributed by atoms with Gasteiger partial charge in [-0.1, -0.05) is 0 Å². The Kier molecular flexibility index (Phi) is 5.53. The van der Waals surface area contributed by atoms with E-state index in [-0.39, 0.29) is 16.0 Å². The molecule has 2 rings (SSSR count). The molecule has 24 heavy (non-hydrogen) atoms. The van der Waals surface area contributed by atoms with E-state index >= 15 is 0 Å². The first kappa shape index (κ1) is 18.3. The number of likely N-dealkylation sites (tertiary alicyclic amines) is 1. The van der Waals surface area contributed by atoms with Gasteiger partial charge in [0.1, 0.15) is 5.60 Å². The van der Waals surface area contributed by atoms with Gasteiger partial charge in [0.25, 0.3) is 0 Å². The number of nitro groups is 1. The van der Waals surface area contributed by atoms with E-state index in [2.05, 4.69) is 4.98 Å². The van der Waals surface area contributed by atoms with Gasteiger partial charge in [0.2, 0.25) is 5.03 Å². The summed E-state index contributed by atoms with van der Waals surface area (Å²) >= 11 is 0. The topological polar surface area (TPSA) is 103 Å². The summed E-state index contributed by atoms with van der Waals surface area (Å²) in [6.07, 6.45) is 1.98. The van der Waals surface area contributed by atoms with Crippen molar-refractivity contribution in [1.29, 1.82) is 0 Å². The molecule has 0 aromatic carbocycles. The average molecular weight is 355 g/mol. The number of rotatable bonds is 3. The van der Waals surface area contributed by atoms with Crippen LogP contribution in [0.15, 0.2) is 23.4 Å². The van der Waals surface area contributed by atoms with Gasteiger partial charge >= 0.3 is 11.8 Å². The quantitative estimate of drug-likeness (QED) is 0.609. The van der Waals surface area contributed by atoms with Crippen LogP contribution in [0, 0.1) is 10.1 Å². The number of aromatic nitrogens is 1. The lowest BCUT2D eigenvalue weighted by Crippen LogP contribution is -2.43. The van der Waals surface area contributed by atoms with Gasteiger partial charge in [-0.3, -0.25) is 14.3 Å². The molecule has 0 unspecified atom stereocenters. The standard InChI is InChI=1S/C15H21N3O5S/c1-15(2,3)23-14(19)17-9-6-11(7-10-17)24(22)13-12(18(20)21)5-4-8-16-13/h4-5,8,11H,6-7,9-10H2,1-3H3/t24-/m0/s1. The zero-order chi connectivity index (χ0) is 17.9. The summed E-state index contributed by atoms with van der Waals surface area (Å²) in [5.41, 5.74) is -0.795. The van der Waals surface area contributed by atoms with E-state index < -0.39 is 27.4 Å². The van der Waals surface area contributed by atoms with Crippen molar-refractivity contribution in [3.05, 3.63) is 28.4 Å². The number of nitrogens with zero attached hydrogens (tertiary/aromatic N) is 3. The molecule has 1 fully saturated rings. The van der Waals surface area contributed by atoms with Gasteiger partial charge in [0.15, 0.2) is 0 Å². The van der Waals surface area contributed by atoms with Crippen LogP contribution in [0.5, 0.6) is 0 Å². The molecule has 8 nitrogen and oxygen atoms in total. The second-order valence-electron chi connectivity index (χ2n) is 6.55. The molecule has 1 saturated heterocycles. The number of carbonyl (C=O) groups is 1. The van der Waals surface area contributed by atoms with Crippen LogP contribution in [0.1, 0.15) is 33.6 Å². The van der Waals surface area contributed by atoms with Crippen LogP contribution >= 0.6 is 0 Å². The second kappa shape index (κ2) is 7.25. The molecule has 132 valence electrons. The summed E-state index contributed by atoms with van der Waals surface area (Å²) in [4.78, 5) is 28.0. The lowest BCUT2D eigenvalue weighted by molar-refractivity contribution is -0.388. The number of piperidine rings is 1. The SMILES string of the molecule is CC(C)(C)OC(=O)N1CCC([S@](=O)c2ncccc2[N+](=O)[O-])CC1. The molecular formula is C15H21N3O5S. The molecule has 1 aromatic rings. The Labute approximate surface area is 142 Å². The number of amides is 1. The van der Waals surface area contributed by atoms with Crippen LogP contribution in [0.2, 0.25) is 0 Å². The summed E-state index contributed by atoms with van der Waals surface area (Å²) in [6, 6.07) is 2.75. The van der Waals surface area contributed by atoms with Gasteiger partial charge < -0.3 is 9.64 Å². The van der Waals surface area contributed by atoms with Crippen molar-refractivity contribution in [3.63, 3.8) is 0 Å². The normalized spacial score (nSPS) is 17.4. The molecule has 0 aliphatic carbocycles. The van der Waals surface area contributed by atoms with Gasteiger partial charge in [-0.2, -0.15) is 0 Å². The van der Waals surface area contributed by atoms with Crippen molar-refractivity contribution in [3.8, 4) is 0 Å². The van der Waals surface area contributed by atoms with Gasteiger partial charge in [-0.05, 0) is 39.7 Å². The summed E-state index contributed by atoms with van der Waals surface area (Å²) in [7, 11) is -1.58. The van der Waals surface area contributed by atoms with Crippen molar-refractivity contribution < 1.29 is 18.7 Å². The zero-order valence-electron chi connectivity index (χ0n) is 13.9. The molecule has 1 atom stereocenters. The van der Waals surface area contributed by atoms with Gasteiger partial charge in [0.05, 0.1) is 15.7 Å². The lowest BCUT2D eigenvalue weighted by Gasteiger charge is -2.32. The third kappa shape index (κ3) is 4.50. The van der Waals surface area contributed by atoms with E-state index in [1.54, 1.807) is 25.7 Å². The summed E-state index contributed by atoms with van der Waals surface area (Å²) in [5.74, 6) is 0. The Hall–Kier alpha value is -2.03. The third-order valence-corrected chi connectivity index (χ3v) is 5.31. The van der Waals surface area contributed by atoms with Crippen LogP contribution in [0.25, 0.3) is 0 Å². The van der Waals surface area contributed by atoms with Crippen LogP contribution in [0.4, 0.5) is 10.5 Å². The molecule has 0 N–H and O–H groups in total. The highest BCUT2D eigenvalue weighted by molar-refractivity contribution is 7.85. The first-order valence-corrected chi connectivity index (χ1v) is 8.88. The van der Waals surface area contributed by atoms with Crippen molar-refractivity contribution in [2.24, 2.45) is 0 Å². The lowest BCUT2D eigenvalue weighted by atomic mass is 10.1. The molecule has 2 heterocycles. The predicted molar refractivity (Wildman–Crippen MR) is 88.1 cm³/mol. The monoisotopic (exact) mass is 355 g/mol. The molecule has 1 amide bonds. The second-order valence-corrected chi connectivity index (χ2v) is 8.20. The fourth-order valence-corrected chi connectivity index (χ4v) is 3.88. The zero-order valence-corrected chi connectivity index (χ0v) is 14.7. The molecule has 1 aliphatic rings. The summed E-state index contributed by atoms with van der Waals surface area (Å²) in [5, 5.41) is 10.8. The molecule has 1 aromatic heterocycles. The Morgan fingerprint density at radius 3 is 2.58 bits per heavy atom. The number of hydrogen-bond acceptors (Lipinski definition) is 6. The largest absolute Gasteiger partial charge is 0.444 e. The Balaban J connectivity index is 2.01. The number of hydrogen-bond donors (Lipinski definition) is 0. The van der Waals surface area contributed by atoms with Gasteiger partial charge in [-0.15, -0.1) is 0 Å². The number of pyridine rings is 1. The van der Waals surface area contributed by atoms with Crippen molar-refractivity contribution in [2.45, 2.75) is 49.5 Å². The van der Waals surface area contributed by atoms with Crippen LogP contribution in [-0.4, -0.2) is 49.0 Å². The molecule has 0 radical (unpaired) electrons. The molecule has 9 heteroatoms. The van der Waals surface area contributed by atoms with E-state index in [1.807, 2.05) is 0 Å². The minimum atomic E-state index is -1.58. The third-order valence-electron chi connectivity index (χ3n) is 3.53. The molecule has 1 aliphatic heterocycles. The molecule has 0 bridgehead atoms. The van der Waals surface area contributed by atoms with Crippen LogP contribution in [-0.2, 0) is 15.5 Å². The molecule has 0 saturated carbocycles. The maximum absolute atomic E-state index is 12.6. The van der Waals surface area contributed by atoms with Crippen LogP contribution in [0.3, 0.4) is 0 Å². The Bertz CT molecular complexity index is 651.